The van der Waals surface area contributed by atoms with Crippen molar-refractivity contribution in [3.8, 4) is 28.7 Å². The highest BCUT2D eigenvalue weighted by atomic mass is 16.6. The molecule has 1 aliphatic heterocycles. The van der Waals surface area contributed by atoms with E-state index in [1.807, 2.05) is 33.8 Å². The molecule has 0 aliphatic carbocycles. The molecule has 2 aromatic rings. The quantitative estimate of drug-likeness (QED) is 0.651. The molecular weight excluding hydrogens is 406 g/mol. The Hall–Kier alpha value is -3.27. The number of nitrogens with zero attached hydrogens (tertiary/aromatic N) is 2. The molecule has 7 heteroatoms. The van der Waals surface area contributed by atoms with Crippen LogP contribution in [0.25, 0.3) is 11.1 Å². The average molecular weight is 438 g/mol. The number of aromatic nitrogens is 1. The molecule has 170 valence electrons. The van der Waals surface area contributed by atoms with Crippen LogP contribution >= 0.6 is 0 Å². The zero-order valence-corrected chi connectivity index (χ0v) is 19.6. The summed E-state index contributed by atoms with van der Waals surface area (Å²) in [6.07, 6.45) is 3.61. The summed E-state index contributed by atoms with van der Waals surface area (Å²) in [5.41, 5.74) is 2.62. The van der Waals surface area contributed by atoms with Gasteiger partial charge in [0.25, 0.3) is 0 Å². The number of pyridine rings is 1. The lowest BCUT2D eigenvalue weighted by atomic mass is 9.94. The van der Waals surface area contributed by atoms with Gasteiger partial charge in [0.2, 0.25) is 0 Å². The zero-order chi connectivity index (χ0) is 23.5. The molecule has 2 heterocycles. The number of carbonyl (C=O) groups is 1. The molecular formula is C25H31N3O4. The number of benzene rings is 1. The van der Waals surface area contributed by atoms with Crippen molar-refractivity contribution >= 4 is 6.09 Å². The van der Waals surface area contributed by atoms with Gasteiger partial charge in [0, 0.05) is 35.2 Å². The second-order valence-electron chi connectivity index (χ2n) is 9.46. The first-order valence-electron chi connectivity index (χ1n) is 10.9. The molecule has 0 saturated carbocycles. The summed E-state index contributed by atoms with van der Waals surface area (Å²) in [4.78, 5) is 16.5. The SMILES string of the molecule is CC(C)C[C@@H](COc1cc2c(cc1C#N)-c1cnccc1C(C)O2)NC(=O)OC(C)(C)C. The number of nitrogens with one attached hydrogen (secondary N) is 1. The number of nitriles is 1. The molecule has 1 aliphatic rings. The summed E-state index contributed by atoms with van der Waals surface area (Å²) in [5, 5.41) is 12.6. The van der Waals surface area contributed by atoms with E-state index < -0.39 is 11.7 Å². The number of fused-ring (bicyclic) bond motifs is 3. The fraction of sp³-hybridized carbons (Fsp3) is 0.480. The second-order valence-corrected chi connectivity index (χ2v) is 9.46. The third kappa shape index (κ3) is 5.70. The smallest absolute Gasteiger partial charge is 0.407 e. The van der Waals surface area contributed by atoms with Crippen LogP contribution in [0, 0.1) is 17.2 Å². The third-order valence-corrected chi connectivity index (χ3v) is 5.01. The van der Waals surface area contributed by atoms with Crippen LogP contribution in [0.3, 0.4) is 0 Å². The molecule has 0 radical (unpaired) electrons. The molecule has 2 atom stereocenters. The maximum absolute atomic E-state index is 12.3. The molecule has 0 fully saturated rings. The molecule has 0 saturated heterocycles. The summed E-state index contributed by atoms with van der Waals surface area (Å²) in [6, 6.07) is 7.40. The van der Waals surface area contributed by atoms with E-state index in [0.717, 1.165) is 16.7 Å². The van der Waals surface area contributed by atoms with Crippen molar-refractivity contribution in [2.75, 3.05) is 6.61 Å². The normalized spacial score (nSPS) is 15.6. The van der Waals surface area contributed by atoms with Crippen molar-refractivity contribution in [3.05, 3.63) is 41.7 Å². The Balaban J connectivity index is 1.81. The third-order valence-electron chi connectivity index (χ3n) is 5.01. The highest BCUT2D eigenvalue weighted by Gasteiger charge is 2.26. The van der Waals surface area contributed by atoms with Gasteiger partial charge < -0.3 is 19.5 Å². The largest absolute Gasteiger partial charge is 0.490 e. The van der Waals surface area contributed by atoms with E-state index in [2.05, 4.69) is 30.2 Å². The summed E-state index contributed by atoms with van der Waals surface area (Å²) < 4.78 is 17.5. The van der Waals surface area contributed by atoms with E-state index >= 15 is 0 Å². The van der Waals surface area contributed by atoms with Crippen LogP contribution in [0.15, 0.2) is 30.6 Å². The second kappa shape index (κ2) is 9.47. The Morgan fingerprint density at radius 2 is 2.06 bits per heavy atom. The number of amides is 1. The van der Waals surface area contributed by atoms with Crippen molar-refractivity contribution in [1.82, 2.24) is 10.3 Å². The van der Waals surface area contributed by atoms with Gasteiger partial charge >= 0.3 is 6.09 Å². The van der Waals surface area contributed by atoms with Gasteiger partial charge in [-0.2, -0.15) is 5.26 Å². The lowest BCUT2D eigenvalue weighted by molar-refractivity contribution is 0.0480. The highest BCUT2D eigenvalue weighted by Crippen LogP contribution is 2.44. The zero-order valence-electron chi connectivity index (χ0n) is 19.6. The van der Waals surface area contributed by atoms with E-state index in [1.54, 1.807) is 24.5 Å². The number of hydrogen-bond donors (Lipinski definition) is 1. The summed E-state index contributed by atoms with van der Waals surface area (Å²) in [6.45, 7) is 11.8. The standard InChI is InChI=1S/C25H31N3O4/c1-15(2)9-18(28-24(29)32-25(4,5)6)14-30-22-11-23-20(10-17(22)12-26)21-13-27-8-7-19(21)16(3)31-23/h7-8,10-11,13,15-16,18H,9,14H2,1-6H3,(H,28,29)/t16?,18-/m0/s1. The van der Waals surface area contributed by atoms with Crippen LogP contribution in [-0.4, -0.2) is 29.3 Å². The minimum Gasteiger partial charge on any atom is -0.490 e. The molecule has 0 spiro atoms. The van der Waals surface area contributed by atoms with Crippen molar-refractivity contribution in [2.45, 2.75) is 65.7 Å². The van der Waals surface area contributed by atoms with E-state index in [-0.39, 0.29) is 18.8 Å². The maximum atomic E-state index is 12.3. The Labute approximate surface area is 189 Å². The first-order chi connectivity index (χ1) is 15.1. The maximum Gasteiger partial charge on any atom is 0.407 e. The van der Waals surface area contributed by atoms with Gasteiger partial charge in [-0.15, -0.1) is 0 Å². The number of alkyl carbamates (subject to hydrolysis) is 1. The summed E-state index contributed by atoms with van der Waals surface area (Å²) in [7, 11) is 0. The monoisotopic (exact) mass is 437 g/mol. The predicted octanol–water partition coefficient (Wildman–Crippen LogP) is 5.39. The number of carbonyl (C=O) groups excluding carboxylic acids is 1. The molecule has 1 amide bonds. The average Bonchev–Trinajstić information content (AvgIpc) is 2.70. The van der Waals surface area contributed by atoms with Crippen molar-refractivity contribution in [1.29, 1.82) is 5.26 Å². The molecule has 1 aromatic heterocycles. The van der Waals surface area contributed by atoms with Crippen molar-refractivity contribution in [2.24, 2.45) is 5.92 Å². The molecule has 32 heavy (non-hydrogen) atoms. The fourth-order valence-electron chi connectivity index (χ4n) is 3.72. The first kappa shape index (κ1) is 23.4. The highest BCUT2D eigenvalue weighted by molar-refractivity contribution is 5.78. The van der Waals surface area contributed by atoms with E-state index in [0.29, 0.717) is 29.4 Å². The van der Waals surface area contributed by atoms with Crippen molar-refractivity contribution in [3.63, 3.8) is 0 Å². The van der Waals surface area contributed by atoms with Crippen LogP contribution in [0.2, 0.25) is 0 Å². The Kier molecular flexibility index (Phi) is 6.93. The molecule has 1 N–H and O–H groups in total. The summed E-state index contributed by atoms with van der Waals surface area (Å²) in [5.74, 6) is 1.41. The molecule has 1 unspecified atom stereocenters. The van der Waals surface area contributed by atoms with Gasteiger partial charge in [0.1, 0.15) is 35.9 Å². The lowest BCUT2D eigenvalue weighted by Gasteiger charge is -2.27. The Morgan fingerprint density at radius 1 is 1.31 bits per heavy atom. The topological polar surface area (TPSA) is 93.5 Å². The predicted molar refractivity (Wildman–Crippen MR) is 122 cm³/mol. The molecule has 1 aromatic carbocycles. The molecule has 7 nitrogen and oxygen atoms in total. The van der Waals surface area contributed by atoms with Crippen LogP contribution in [-0.2, 0) is 4.74 Å². The minimum absolute atomic E-state index is 0.135. The number of ether oxygens (including phenoxy) is 3. The first-order valence-corrected chi connectivity index (χ1v) is 10.9. The van der Waals surface area contributed by atoms with E-state index in [9.17, 15) is 10.1 Å². The van der Waals surface area contributed by atoms with Gasteiger partial charge in [-0.25, -0.2) is 4.79 Å². The van der Waals surface area contributed by atoms with Crippen LogP contribution in [0.4, 0.5) is 4.79 Å². The van der Waals surface area contributed by atoms with Gasteiger partial charge in [-0.1, -0.05) is 13.8 Å². The number of hydrogen-bond acceptors (Lipinski definition) is 6. The van der Waals surface area contributed by atoms with Crippen LogP contribution < -0.4 is 14.8 Å². The molecule has 0 bridgehead atoms. The summed E-state index contributed by atoms with van der Waals surface area (Å²) >= 11 is 0. The van der Waals surface area contributed by atoms with Gasteiger partial charge in [-0.3, -0.25) is 4.98 Å². The fourth-order valence-corrected chi connectivity index (χ4v) is 3.72. The Morgan fingerprint density at radius 3 is 2.72 bits per heavy atom. The van der Waals surface area contributed by atoms with E-state index in [1.165, 1.54) is 0 Å². The lowest BCUT2D eigenvalue weighted by Crippen LogP contribution is -2.42. The van der Waals surface area contributed by atoms with Gasteiger partial charge in [0.15, 0.2) is 0 Å². The number of rotatable bonds is 6. The van der Waals surface area contributed by atoms with Gasteiger partial charge in [-0.05, 0) is 52.2 Å². The Bertz CT molecular complexity index is 1020. The van der Waals surface area contributed by atoms with Crippen LogP contribution in [0.5, 0.6) is 11.5 Å². The van der Waals surface area contributed by atoms with Gasteiger partial charge in [0.05, 0.1) is 11.6 Å². The minimum atomic E-state index is -0.584. The van der Waals surface area contributed by atoms with Crippen molar-refractivity contribution < 1.29 is 19.0 Å². The van der Waals surface area contributed by atoms with Crippen LogP contribution in [0.1, 0.15) is 65.2 Å². The molecule has 3 rings (SSSR count). The van der Waals surface area contributed by atoms with E-state index in [4.69, 9.17) is 14.2 Å².